The molecular formula is C13H17NO. The number of ether oxygens (including phenoxy) is 1. The molecule has 0 fully saturated rings. The molecule has 0 amide bonds. The van der Waals surface area contributed by atoms with Crippen molar-refractivity contribution in [3.05, 3.63) is 29.3 Å². The predicted octanol–water partition coefficient (Wildman–Crippen LogP) is 3.38. The summed E-state index contributed by atoms with van der Waals surface area (Å²) in [6.07, 6.45) is 2.48. The number of hydrogen-bond donors (Lipinski definition) is 0. The average Bonchev–Trinajstić information content (AvgIpc) is 2.24. The first-order valence-corrected chi connectivity index (χ1v) is 5.31. The van der Waals surface area contributed by atoms with Crippen molar-refractivity contribution in [2.45, 2.75) is 33.1 Å². The van der Waals surface area contributed by atoms with Crippen LogP contribution in [0.2, 0.25) is 0 Å². The summed E-state index contributed by atoms with van der Waals surface area (Å²) in [5, 5.41) is 8.37. The first kappa shape index (κ1) is 11.6. The van der Waals surface area contributed by atoms with Crippen LogP contribution in [0.1, 0.15) is 30.4 Å². The van der Waals surface area contributed by atoms with Crippen LogP contribution in [-0.2, 0) is 0 Å². The Labute approximate surface area is 91.5 Å². The van der Waals surface area contributed by atoms with Crippen LogP contribution in [0.15, 0.2) is 18.2 Å². The molecule has 0 unspecified atom stereocenters. The van der Waals surface area contributed by atoms with Crippen LogP contribution in [0.25, 0.3) is 0 Å². The molecule has 2 nitrogen and oxygen atoms in total. The fourth-order valence-electron chi connectivity index (χ4n) is 1.37. The second-order valence-corrected chi connectivity index (χ2v) is 3.66. The summed E-state index contributed by atoms with van der Waals surface area (Å²) in [7, 11) is 0. The second kappa shape index (κ2) is 6.08. The molecule has 0 heterocycles. The molecule has 15 heavy (non-hydrogen) atoms. The number of rotatable bonds is 5. The molecule has 1 rings (SSSR count). The van der Waals surface area contributed by atoms with Crippen molar-refractivity contribution in [2.75, 3.05) is 6.61 Å². The van der Waals surface area contributed by atoms with Gasteiger partial charge in [0.15, 0.2) is 0 Å². The molecule has 0 aliphatic rings. The van der Waals surface area contributed by atoms with Crippen molar-refractivity contribution >= 4 is 0 Å². The van der Waals surface area contributed by atoms with Gasteiger partial charge in [0.05, 0.1) is 12.7 Å². The van der Waals surface area contributed by atoms with Gasteiger partial charge in [-0.05, 0) is 43.9 Å². The van der Waals surface area contributed by atoms with E-state index in [1.54, 1.807) is 0 Å². The SMILES string of the molecule is Cc1cccc(OCCCCC#N)c1C. The molecule has 0 aliphatic carbocycles. The fraction of sp³-hybridized carbons (Fsp3) is 0.462. The van der Waals surface area contributed by atoms with Gasteiger partial charge in [0.25, 0.3) is 0 Å². The largest absolute Gasteiger partial charge is 0.493 e. The van der Waals surface area contributed by atoms with E-state index in [1.165, 1.54) is 11.1 Å². The molecule has 0 aromatic heterocycles. The zero-order valence-electron chi connectivity index (χ0n) is 9.42. The van der Waals surface area contributed by atoms with Crippen LogP contribution in [0.5, 0.6) is 5.75 Å². The Morgan fingerprint density at radius 3 is 2.80 bits per heavy atom. The standard InChI is InChI=1S/C13H17NO/c1-11-7-6-8-13(12(11)2)15-10-5-3-4-9-14/h6-8H,3-5,10H2,1-2H3. The van der Waals surface area contributed by atoms with Gasteiger partial charge in [0, 0.05) is 6.42 Å². The summed E-state index contributed by atoms with van der Waals surface area (Å²) >= 11 is 0. The van der Waals surface area contributed by atoms with Gasteiger partial charge in [0.1, 0.15) is 5.75 Å². The van der Waals surface area contributed by atoms with Crippen LogP contribution in [0.3, 0.4) is 0 Å². The number of nitriles is 1. The Morgan fingerprint density at radius 2 is 2.07 bits per heavy atom. The Morgan fingerprint density at radius 1 is 1.27 bits per heavy atom. The topological polar surface area (TPSA) is 33.0 Å². The Hall–Kier alpha value is -1.49. The van der Waals surface area contributed by atoms with Crippen molar-refractivity contribution in [3.63, 3.8) is 0 Å². The maximum atomic E-state index is 8.37. The van der Waals surface area contributed by atoms with E-state index in [-0.39, 0.29) is 0 Å². The van der Waals surface area contributed by atoms with Gasteiger partial charge in [-0.25, -0.2) is 0 Å². The zero-order valence-corrected chi connectivity index (χ0v) is 9.42. The molecule has 2 heteroatoms. The molecule has 0 N–H and O–H groups in total. The third-order valence-electron chi connectivity index (χ3n) is 2.50. The van der Waals surface area contributed by atoms with E-state index in [2.05, 4.69) is 26.0 Å². The van der Waals surface area contributed by atoms with Crippen LogP contribution in [0.4, 0.5) is 0 Å². The van der Waals surface area contributed by atoms with Gasteiger partial charge >= 0.3 is 0 Å². The lowest BCUT2D eigenvalue weighted by Crippen LogP contribution is -1.99. The van der Waals surface area contributed by atoms with Gasteiger partial charge in [-0.1, -0.05) is 12.1 Å². The van der Waals surface area contributed by atoms with Gasteiger partial charge < -0.3 is 4.74 Å². The summed E-state index contributed by atoms with van der Waals surface area (Å²) in [5.41, 5.74) is 2.46. The molecule has 0 radical (unpaired) electrons. The normalized spacial score (nSPS) is 9.67. The van der Waals surface area contributed by atoms with Gasteiger partial charge in [0.2, 0.25) is 0 Å². The predicted molar refractivity (Wildman–Crippen MR) is 60.9 cm³/mol. The molecule has 0 bridgehead atoms. The van der Waals surface area contributed by atoms with Crippen LogP contribution >= 0.6 is 0 Å². The maximum Gasteiger partial charge on any atom is 0.122 e. The van der Waals surface area contributed by atoms with E-state index in [0.29, 0.717) is 13.0 Å². The summed E-state index contributed by atoms with van der Waals surface area (Å²) in [4.78, 5) is 0. The summed E-state index contributed by atoms with van der Waals surface area (Å²) in [6.45, 7) is 4.85. The lowest BCUT2D eigenvalue weighted by Gasteiger charge is -2.10. The summed E-state index contributed by atoms with van der Waals surface area (Å²) in [5.74, 6) is 0.965. The highest BCUT2D eigenvalue weighted by molar-refractivity contribution is 5.38. The van der Waals surface area contributed by atoms with Gasteiger partial charge in [-0.3, -0.25) is 0 Å². The highest BCUT2D eigenvalue weighted by Crippen LogP contribution is 2.20. The third-order valence-corrected chi connectivity index (χ3v) is 2.50. The van der Waals surface area contributed by atoms with Crippen molar-refractivity contribution in [1.29, 1.82) is 5.26 Å². The zero-order chi connectivity index (χ0) is 11.1. The average molecular weight is 203 g/mol. The molecule has 80 valence electrons. The van der Waals surface area contributed by atoms with Crippen LogP contribution in [0, 0.1) is 25.2 Å². The summed E-state index contributed by atoms with van der Waals surface area (Å²) < 4.78 is 5.65. The number of hydrogen-bond acceptors (Lipinski definition) is 2. The van der Waals surface area contributed by atoms with E-state index in [9.17, 15) is 0 Å². The first-order chi connectivity index (χ1) is 7.25. The third kappa shape index (κ3) is 3.63. The summed E-state index contributed by atoms with van der Waals surface area (Å²) in [6, 6.07) is 8.21. The Balaban J connectivity index is 2.38. The number of nitrogens with zero attached hydrogens (tertiary/aromatic N) is 1. The molecule has 1 aromatic carbocycles. The van der Waals surface area contributed by atoms with Crippen molar-refractivity contribution in [2.24, 2.45) is 0 Å². The molecule has 0 saturated carbocycles. The van der Waals surface area contributed by atoms with E-state index in [0.717, 1.165) is 18.6 Å². The first-order valence-electron chi connectivity index (χ1n) is 5.31. The second-order valence-electron chi connectivity index (χ2n) is 3.66. The quantitative estimate of drug-likeness (QED) is 0.687. The lowest BCUT2D eigenvalue weighted by molar-refractivity contribution is 0.305. The lowest BCUT2D eigenvalue weighted by atomic mass is 10.1. The highest BCUT2D eigenvalue weighted by Gasteiger charge is 2.00. The Bertz CT molecular complexity index is 352. The van der Waals surface area contributed by atoms with Crippen molar-refractivity contribution in [1.82, 2.24) is 0 Å². The van der Waals surface area contributed by atoms with Gasteiger partial charge in [-0.15, -0.1) is 0 Å². The van der Waals surface area contributed by atoms with Crippen molar-refractivity contribution < 1.29 is 4.74 Å². The maximum absolute atomic E-state index is 8.37. The smallest absolute Gasteiger partial charge is 0.122 e. The van der Waals surface area contributed by atoms with Crippen LogP contribution < -0.4 is 4.74 Å². The molecule has 0 spiro atoms. The van der Waals surface area contributed by atoms with Gasteiger partial charge in [-0.2, -0.15) is 5.26 Å². The minimum atomic E-state index is 0.621. The Kier molecular flexibility index (Phi) is 4.70. The minimum Gasteiger partial charge on any atom is -0.493 e. The van der Waals surface area contributed by atoms with Crippen LogP contribution in [-0.4, -0.2) is 6.61 Å². The molecule has 0 atom stereocenters. The van der Waals surface area contributed by atoms with Crippen molar-refractivity contribution in [3.8, 4) is 11.8 Å². The minimum absolute atomic E-state index is 0.621. The van der Waals surface area contributed by atoms with E-state index < -0.39 is 0 Å². The van der Waals surface area contributed by atoms with E-state index in [1.807, 2.05) is 12.1 Å². The highest BCUT2D eigenvalue weighted by atomic mass is 16.5. The molecule has 0 saturated heterocycles. The fourth-order valence-corrected chi connectivity index (χ4v) is 1.37. The number of unbranched alkanes of at least 4 members (excludes halogenated alkanes) is 2. The number of benzene rings is 1. The van der Waals surface area contributed by atoms with E-state index in [4.69, 9.17) is 10.00 Å². The molecule has 1 aromatic rings. The molecule has 0 aliphatic heterocycles. The van der Waals surface area contributed by atoms with E-state index >= 15 is 0 Å². The monoisotopic (exact) mass is 203 g/mol. The molecular weight excluding hydrogens is 186 g/mol. The number of aryl methyl sites for hydroxylation is 1.